The predicted octanol–water partition coefficient (Wildman–Crippen LogP) is 4.24. The zero-order chi connectivity index (χ0) is 11.7. The number of benzene rings is 1. The minimum atomic E-state index is -0.578. The number of hydrogen-bond donors (Lipinski definition) is 1. The fourth-order valence-electron chi connectivity index (χ4n) is 1.42. The van der Waals surface area contributed by atoms with Crippen LogP contribution < -0.4 is 5.73 Å². The van der Waals surface area contributed by atoms with Gasteiger partial charge in [-0.05, 0) is 29.6 Å². The van der Waals surface area contributed by atoms with Gasteiger partial charge in [-0.3, -0.25) is 0 Å². The second-order valence-corrected chi connectivity index (χ2v) is 5.07. The Bertz CT molecular complexity index is 512. The van der Waals surface area contributed by atoms with Crippen LogP contribution in [0.4, 0.5) is 4.39 Å². The molecule has 5 heteroatoms. The van der Waals surface area contributed by atoms with Gasteiger partial charge in [-0.25, -0.2) is 4.39 Å². The lowest BCUT2D eigenvalue weighted by atomic mass is 10.1. The highest BCUT2D eigenvalue weighted by atomic mass is 35.5. The number of halogens is 3. The average molecular weight is 276 g/mol. The lowest BCUT2D eigenvalue weighted by Gasteiger charge is -2.12. The van der Waals surface area contributed by atoms with Crippen molar-refractivity contribution >= 4 is 34.5 Å². The Labute approximate surface area is 107 Å². The quantitative estimate of drug-likeness (QED) is 0.872. The molecule has 1 aromatic heterocycles. The molecular formula is C11H8Cl2FNS. The van der Waals surface area contributed by atoms with Crippen LogP contribution in [0, 0.1) is 5.82 Å². The maximum atomic E-state index is 13.6. The summed E-state index contributed by atoms with van der Waals surface area (Å²) in [6, 6.07) is 5.48. The van der Waals surface area contributed by atoms with Crippen molar-refractivity contribution in [1.82, 2.24) is 0 Å². The Morgan fingerprint density at radius 2 is 2.00 bits per heavy atom. The summed E-state index contributed by atoms with van der Waals surface area (Å²) in [4.78, 5) is 0.739. The molecule has 16 heavy (non-hydrogen) atoms. The van der Waals surface area contributed by atoms with E-state index in [-0.39, 0.29) is 5.82 Å². The molecule has 1 atom stereocenters. The topological polar surface area (TPSA) is 26.0 Å². The lowest BCUT2D eigenvalue weighted by Crippen LogP contribution is -2.12. The van der Waals surface area contributed by atoms with Crippen molar-refractivity contribution in [3.05, 3.63) is 55.9 Å². The van der Waals surface area contributed by atoms with Crippen molar-refractivity contribution in [2.45, 2.75) is 6.04 Å². The molecule has 1 unspecified atom stereocenters. The Morgan fingerprint density at radius 1 is 1.25 bits per heavy atom. The molecule has 1 nitrogen and oxygen atoms in total. The Balaban J connectivity index is 2.45. The van der Waals surface area contributed by atoms with Gasteiger partial charge in [0.1, 0.15) is 5.82 Å². The van der Waals surface area contributed by atoms with Gasteiger partial charge in [0.15, 0.2) is 0 Å². The van der Waals surface area contributed by atoms with Crippen molar-refractivity contribution in [3.63, 3.8) is 0 Å². The van der Waals surface area contributed by atoms with E-state index in [1.807, 2.05) is 5.38 Å². The van der Waals surface area contributed by atoms with E-state index < -0.39 is 6.04 Å². The number of nitrogens with two attached hydrogens (primary N) is 1. The van der Waals surface area contributed by atoms with Gasteiger partial charge in [-0.1, -0.05) is 23.2 Å². The molecule has 0 amide bonds. The monoisotopic (exact) mass is 275 g/mol. The van der Waals surface area contributed by atoms with E-state index in [0.29, 0.717) is 15.6 Å². The van der Waals surface area contributed by atoms with Crippen LogP contribution in [0.1, 0.15) is 16.5 Å². The zero-order valence-electron chi connectivity index (χ0n) is 8.08. The van der Waals surface area contributed by atoms with Crippen LogP contribution in [-0.4, -0.2) is 0 Å². The fraction of sp³-hybridized carbons (Fsp3) is 0.0909. The maximum Gasteiger partial charge on any atom is 0.128 e. The molecule has 0 saturated carbocycles. The van der Waals surface area contributed by atoms with E-state index in [2.05, 4.69) is 0 Å². The number of hydrogen-bond acceptors (Lipinski definition) is 2. The minimum absolute atomic E-state index is 0.358. The van der Waals surface area contributed by atoms with Gasteiger partial charge in [0.2, 0.25) is 0 Å². The normalized spacial score (nSPS) is 12.8. The first-order valence-corrected chi connectivity index (χ1v) is 6.16. The molecule has 0 aliphatic heterocycles. The third-order valence-electron chi connectivity index (χ3n) is 2.22. The molecule has 0 radical (unpaired) electrons. The summed E-state index contributed by atoms with van der Waals surface area (Å²) < 4.78 is 13.6. The molecule has 1 aromatic carbocycles. The fourth-order valence-corrected chi connectivity index (χ4v) is 2.80. The van der Waals surface area contributed by atoms with Crippen LogP contribution in [0.5, 0.6) is 0 Å². The van der Waals surface area contributed by atoms with Gasteiger partial charge in [0.25, 0.3) is 0 Å². The average Bonchev–Trinajstić information content (AvgIpc) is 2.67. The number of rotatable bonds is 2. The van der Waals surface area contributed by atoms with Crippen molar-refractivity contribution in [1.29, 1.82) is 0 Å². The first-order valence-electron chi connectivity index (χ1n) is 4.53. The van der Waals surface area contributed by atoms with Gasteiger partial charge < -0.3 is 5.73 Å². The molecule has 2 aromatic rings. The molecule has 0 saturated heterocycles. The summed E-state index contributed by atoms with van der Waals surface area (Å²) in [5.74, 6) is -0.374. The summed E-state index contributed by atoms with van der Waals surface area (Å²) in [7, 11) is 0. The van der Waals surface area contributed by atoms with Gasteiger partial charge in [0, 0.05) is 15.5 Å². The van der Waals surface area contributed by atoms with E-state index >= 15 is 0 Å². The SMILES string of the molecule is NC(c1cc(Cl)ccc1F)c1sccc1Cl. The molecule has 0 aliphatic carbocycles. The summed E-state index contributed by atoms with van der Waals surface area (Å²) in [5, 5.41) is 2.83. The molecule has 0 bridgehead atoms. The number of thiophene rings is 1. The maximum absolute atomic E-state index is 13.6. The molecule has 0 aliphatic rings. The summed E-state index contributed by atoms with van der Waals surface area (Å²) in [6.07, 6.45) is 0. The van der Waals surface area contributed by atoms with Crippen LogP contribution in [-0.2, 0) is 0 Å². The third kappa shape index (κ3) is 2.23. The van der Waals surface area contributed by atoms with E-state index in [1.54, 1.807) is 6.07 Å². The second kappa shape index (κ2) is 4.72. The molecule has 2 N–H and O–H groups in total. The highest BCUT2D eigenvalue weighted by Gasteiger charge is 2.17. The van der Waals surface area contributed by atoms with Crippen LogP contribution in [0.15, 0.2) is 29.6 Å². The predicted molar refractivity (Wildman–Crippen MR) is 66.8 cm³/mol. The smallest absolute Gasteiger partial charge is 0.128 e. The van der Waals surface area contributed by atoms with Crippen LogP contribution in [0.25, 0.3) is 0 Å². The summed E-state index contributed by atoms with van der Waals surface area (Å²) in [6.45, 7) is 0. The molecule has 2 rings (SSSR count). The van der Waals surface area contributed by atoms with Gasteiger partial charge in [-0.15, -0.1) is 11.3 Å². The second-order valence-electron chi connectivity index (χ2n) is 3.28. The first kappa shape index (κ1) is 11.9. The van der Waals surface area contributed by atoms with Crippen molar-refractivity contribution < 1.29 is 4.39 Å². The standard InChI is InChI=1S/C11H8Cl2FNS/c12-6-1-2-9(14)7(5-6)10(15)11-8(13)3-4-16-11/h1-5,10H,15H2. The molecular weight excluding hydrogens is 268 g/mol. The van der Waals surface area contributed by atoms with Gasteiger partial charge in [0.05, 0.1) is 11.1 Å². The Morgan fingerprint density at radius 3 is 2.62 bits per heavy atom. The molecule has 1 heterocycles. The molecule has 84 valence electrons. The van der Waals surface area contributed by atoms with E-state index in [0.717, 1.165) is 4.88 Å². The van der Waals surface area contributed by atoms with Crippen molar-refractivity contribution in [2.24, 2.45) is 5.73 Å². The zero-order valence-corrected chi connectivity index (χ0v) is 10.4. The van der Waals surface area contributed by atoms with Crippen molar-refractivity contribution in [2.75, 3.05) is 0 Å². The Kier molecular flexibility index (Phi) is 3.50. The minimum Gasteiger partial charge on any atom is -0.319 e. The highest BCUT2D eigenvalue weighted by molar-refractivity contribution is 7.10. The lowest BCUT2D eigenvalue weighted by molar-refractivity contribution is 0.601. The first-order chi connectivity index (χ1) is 7.59. The summed E-state index contributed by atoms with van der Waals surface area (Å²) >= 11 is 13.2. The van der Waals surface area contributed by atoms with Gasteiger partial charge in [-0.2, -0.15) is 0 Å². The summed E-state index contributed by atoms with van der Waals surface area (Å²) in [5.41, 5.74) is 6.32. The molecule has 0 fully saturated rings. The third-order valence-corrected chi connectivity index (χ3v) is 3.90. The van der Waals surface area contributed by atoms with E-state index in [9.17, 15) is 4.39 Å². The molecule has 0 spiro atoms. The highest BCUT2D eigenvalue weighted by Crippen LogP contribution is 2.33. The van der Waals surface area contributed by atoms with Crippen LogP contribution >= 0.6 is 34.5 Å². The largest absolute Gasteiger partial charge is 0.319 e. The van der Waals surface area contributed by atoms with E-state index in [1.165, 1.54) is 29.5 Å². The van der Waals surface area contributed by atoms with E-state index in [4.69, 9.17) is 28.9 Å². The Hall–Kier alpha value is -0.610. The van der Waals surface area contributed by atoms with Gasteiger partial charge >= 0.3 is 0 Å². The van der Waals surface area contributed by atoms with Crippen molar-refractivity contribution in [3.8, 4) is 0 Å². The van der Waals surface area contributed by atoms with Crippen LogP contribution in [0.3, 0.4) is 0 Å². The van der Waals surface area contributed by atoms with Crippen LogP contribution in [0.2, 0.25) is 10.0 Å².